The number of hydrogen-bond acceptors (Lipinski definition) is 5. The van der Waals surface area contributed by atoms with Gasteiger partial charge in [-0.1, -0.05) is 0 Å². The molecule has 2 amide bonds. The SMILES string of the molecule is O=C(NCC(O)c1ccco1)Nc1nc(C2CC2)cs1. The third kappa shape index (κ3) is 3.17. The van der Waals surface area contributed by atoms with Crippen LogP contribution in [0.15, 0.2) is 28.2 Å². The second kappa shape index (κ2) is 5.64. The number of aromatic nitrogens is 1. The third-order valence-electron chi connectivity index (χ3n) is 3.07. The van der Waals surface area contributed by atoms with E-state index in [1.165, 1.54) is 30.4 Å². The first-order valence-electron chi connectivity index (χ1n) is 6.44. The minimum Gasteiger partial charge on any atom is -0.467 e. The molecular weight excluding hydrogens is 278 g/mol. The Morgan fingerprint density at radius 2 is 2.45 bits per heavy atom. The molecule has 6 nitrogen and oxygen atoms in total. The Kier molecular flexibility index (Phi) is 3.70. The number of carbonyl (C=O) groups is 1. The van der Waals surface area contributed by atoms with Crippen LogP contribution in [0.2, 0.25) is 0 Å². The van der Waals surface area contributed by atoms with Crippen LogP contribution in [0.3, 0.4) is 0 Å². The lowest BCUT2D eigenvalue weighted by atomic mass is 10.3. The molecule has 0 spiro atoms. The summed E-state index contributed by atoms with van der Waals surface area (Å²) in [6.45, 7) is 0.0835. The molecule has 0 bridgehead atoms. The van der Waals surface area contributed by atoms with Gasteiger partial charge in [0.25, 0.3) is 0 Å². The fourth-order valence-electron chi connectivity index (χ4n) is 1.82. The summed E-state index contributed by atoms with van der Waals surface area (Å²) in [6, 6.07) is 2.97. The van der Waals surface area contributed by atoms with Crippen molar-refractivity contribution in [1.29, 1.82) is 0 Å². The number of urea groups is 1. The maximum Gasteiger partial charge on any atom is 0.321 e. The minimum absolute atomic E-state index is 0.0835. The number of aliphatic hydroxyl groups is 1. The van der Waals surface area contributed by atoms with E-state index in [4.69, 9.17) is 4.42 Å². The van der Waals surface area contributed by atoms with E-state index in [1.807, 2.05) is 5.38 Å². The van der Waals surface area contributed by atoms with Gasteiger partial charge in [-0.2, -0.15) is 0 Å². The average molecular weight is 293 g/mol. The Morgan fingerprint density at radius 1 is 1.60 bits per heavy atom. The van der Waals surface area contributed by atoms with Gasteiger partial charge in [0.2, 0.25) is 0 Å². The quantitative estimate of drug-likeness (QED) is 0.790. The minimum atomic E-state index is -0.853. The Labute approximate surface area is 119 Å². The van der Waals surface area contributed by atoms with Gasteiger partial charge >= 0.3 is 6.03 Å². The Hall–Kier alpha value is -1.86. The van der Waals surface area contributed by atoms with Gasteiger partial charge in [0, 0.05) is 11.3 Å². The largest absolute Gasteiger partial charge is 0.467 e. The number of furan rings is 1. The van der Waals surface area contributed by atoms with E-state index >= 15 is 0 Å². The van der Waals surface area contributed by atoms with Gasteiger partial charge in [-0.15, -0.1) is 11.3 Å². The van der Waals surface area contributed by atoms with Gasteiger partial charge in [0.05, 0.1) is 18.5 Å². The van der Waals surface area contributed by atoms with Gasteiger partial charge in [-0.25, -0.2) is 9.78 Å². The summed E-state index contributed by atoms with van der Waals surface area (Å²) in [6.07, 6.45) is 3.00. The topological polar surface area (TPSA) is 87.4 Å². The van der Waals surface area contributed by atoms with Crippen molar-refractivity contribution in [2.45, 2.75) is 24.9 Å². The molecule has 1 saturated carbocycles. The molecule has 3 N–H and O–H groups in total. The Bertz CT molecular complexity index is 577. The monoisotopic (exact) mass is 293 g/mol. The fraction of sp³-hybridized carbons (Fsp3) is 0.385. The highest BCUT2D eigenvalue weighted by atomic mass is 32.1. The summed E-state index contributed by atoms with van der Waals surface area (Å²) < 4.78 is 5.05. The van der Waals surface area contributed by atoms with Crippen LogP contribution in [0.1, 0.15) is 36.3 Å². The van der Waals surface area contributed by atoms with Crippen LogP contribution in [-0.4, -0.2) is 22.7 Å². The van der Waals surface area contributed by atoms with Crippen molar-refractivity contribution in [1.82, 2.24) is 10.3 Å². The highest BCUT2D eigenvalue weighted by molar-refractivity contribution is 7.13. The highest BCUT2D eigenvalue weighted by Gasteiger charge is 2.26. The zero-order valence-corrected chi connectivity index (χ0v) is 11.5. The maximum absolute atomic E-state index is 11.7. The fourth-order valence-corrected chi connectivity index (χ4v) is 2.61. The first-order valence-corrected chi connectivity index (χ1v) is 7.32. The van der Waals surface area contributed by atoms with Gasteiger partial charge in [-0.05, 0) is 25.0 Å². The average Bonchev–Trinajstić information content (AvgIpc) is 2.96. The zero-order chi connectivity index (χ0) is 13.9. The van der Waals surface area contributed by atoms with Gasteiger partial charge < -0.3 is 14.8 Å². The lowest BCUT2D eigenvalue weighted by Crippen LogP contribution is -2.32. The molecule has 0 saturated heterocycles. The molecule has 2 aromatic heterocycles. The van der Waals surface area contributed by atoms with Crippen molar-refractivity contribution in [2.24, 2.45) is 0 Å². The van der Waals surface area contributed by atoms with Gasteiger partial charge in [0.15, 0.2) is 5.13 Å². The molecular formula is C13H15N3O3S. The van der Waals surface area contributed by atoms with Crippen molar-refractivity contribution >= 4 is 22.5 Å². The van der Waals surface area contributed by atoms with Gasteiger partial charge in [-0.3, -0.25) is 5.32 Å². The van der Waals surface area contributed by atoms with E-state index in [0.29, 0.717) is 16.8 Å². The van der Waals surface area contributed by atoms with E-state index in [-0.39, 0.29) is 12.6 Å². The molecule has 20 heavy (non-hydrogen) atoms. The summed E-state index contributed by atoms with van der Waals surface area (Å²) in [5.74, 6) is 1.00. The number of amides is 2. The number of carbonyl (C=O) groups excluding carboxylic acids is 1. The predicted molar refractivity (Wildman–Crippen MR) is 74.8 cm³/mol. The molecule has 1 fully saturated rings. The molecule has 0 radical (unpaired) electrons. The van der Waals surface area contributed by atoms with Crippen LogP contribution < -0.4 is 10.6 Å². The van der Waals surface area contributed by atoms with Gasteiger partial charge in [0.1, 0.15) is 11.9 Å². The van der Waals surface area contributed by atoms with E-state index in [9.17, 15) is 9.90 Å². The van der Waals surface area contributed by atoms with Crippen LogP contribution in [0.4, 0.5) is 9.93 Å². The first kappa shape index (κ1) is 13.1. The maximum atomic E-state index is 11.7. The summed E-state index contributed by atoms with van der Waals surface area (Å²) in [7, 11) is 0. The van der Waals surface area contributed by atoms with E-state index in [1.54, 1.807) is 12.1 Å². The zero-order valence-electron chi connectivity index (χ0n) is 10.7. The molecule has 2 heterocycles. The molecule has 106 valence electrons. The van der Waals surface area contributed by atoms with Crippen LogP contribution in [0.25, 0.3) is 0 Å². The summed E-state index contributed by atoms with van der Waals surface area (Å²) in [5, 5.41) is 17.6. The van der Waals surface area contributed by atoms with Crippen molar-refractivity contribution in [3.8, 4) is 0 Å². The highest BCUT2D eigenvalue weighted by Crippen LogP contribution is 2.40. The number of nitrogens with zero attached hydrogens (tertiary/aromatic N) is 1. The van der Waals surface area contributed by atoms with Crippen LogP contribution >= 0.6 is 11.3 Å². The lowest BCUT2D eigenvalue weighted by Gasteiger charge is -2.09. The van der Waals surface area contributed by atoms with Crippen molar-refractivity contribution in [3.63, 3.8) is 0 Å². The summed E-state index contributed by atoms with van der Waals surface area (Å²) in [4.78, 5) is 16.0. The lowest BCUT2D eigenvalue weighted by molar-refractivity contribution is 0.149. The smallest absolute Gasteiger partial charge is 0.321 e. The number of nitrogens with one attached hydrogen (secondary N) is 2. The molecule has 3 rings (SSSR count). The van der Waals surface area contributed by atoms with Crippen LogP contribution in [0.5, 0.6) is 0 Å². The standard InChI is InChI=1S/C13H15N3O3S/c17-10(11-2-1-5-19-11)6-14-12(18)16-13-15-9(7-20-13)8-3-4-8/h1-2,5,7-8,10,17H,3-4,6H2,(H2,14,15,16,18). The molecule has 2 aromatic rings. The molecule has 1 aliphatic carbocycles. The normalized spacial score (nSPS) is 15.8. The number of thiazole rings is 1. The number of aliphatic hydroxyl groups excluding tert-OH is 1. The molecule has 7 heteroatoms. The van der Waals surface area contributed by atoms with E-state index in [0.717, 1.165) is 5.69 Å². The predicted octanol–water partition coefficient (Wildman–Crippen LogP) is 2.47. The number of rotatable bonds is 5. The van der Waals surface area contributed by atoms with Crippen molar-refractivity contribution in [3.05, 3.63) is 35.2 Å². The molecule has 1 aliphatic rings. The van der Waals surface area contributed by atoms with E-state index in [2.05, 4.69) is 15.6 Å². The molecule has 0 aromatic carbocycles. The number of anilines is 1. The first-order chi connectivity index (χ1) is 9.72. The van der Waals surface area contributed by atoms with Crippen LogP contribution in [-0.2, 0) is 0 Å². The molecule has 1 unspecified atom stereocenters. The molecule has 1 atom stereocenters. The van der Waals surface area contributed by atoms with Crippen molar-refractivity contribution < 1.29 is 14.3 Å². The van der Waals surface area contributed by atoms with Crippen molar-refractivity contribution in [2.75, 3.05) is 11.9 Å². The Balaban J connectivity index is 1.46. The second-order valence-corrected chi connectivity index (χ2v) is 5.58. The van der Waals surface area contributed by atoms with E-state index < -0.39 is 6.10 Å². The second-order valence-electron chi connectivity index (χ2n) is 4.72. The summed E-state index contributed by atoms with van der Waals surface area (Å²) >= 11 is 1.41. The number of hydrogen-bond donors (Lipinski definition) is 3. The third-order valence-corrected chi connectivity index (χ3v) is 3.84. The Morgan fingerprint density at radius 3 is 3.15 bits per heavy atom. The summed E-state index contributed by atoms with van der Waals surface area (Å²) in [5.41, 5.74) is 1.06. The van der Waals surface area contributed by atoms with Crippen LogP contribution in [0, 0.1) is 0 Å². The molecule has 0 aliphatic heterocycles.